The van der Waals surface area contributed by atoms with E-state index in [4.69, 9.17) is 0 Å². The Morgan fingerprint density at radius 1 is 1.44 bits per heavy atom. The van der Waals surface area contributed by atoms with Crippen molar-refractivity contribution in [3.63, 3.8) is 0 Å². The van der Waals surface area contributed by atoms with Crippen molar-refractivity contribution in [1.29, 1.82) is 0 Å². The van der Waals surface area contributed by atoms with Crippen molar-refractivity contribution in [3.8, 4) is 0 Å². The molecule has 1 N–H and O–H groups in total. The summed E-state index contributed by atoms with van der Waals surface area (Å²) >= 11 is 9.29. The second kappa shape index (κ2) is 4.85. The summed E-state index contributed by atoms with van der Waals surface area (Å²) in [6.07, 6.45) is 0. The Labute approximate surface area is 89.7 Å². The largest absolute Gasteiger partial charge is 1.00 e. The average Bonchev–Trinajstić information content (AvgIpc) is 1.21. The van der Waals surface area contributed by atoms with Crippen molar-refractivity contribution in [2.24, 2.45) is 0 Å². The van der Waals surface area contributed by atoms with Crippen LogP contribution in [0.5, 0.6) is 0 Å². The van der Waals surface area contributed by atoms with E-state index in [2.05, 4.69) is 30.2 Å². The van der Waals surface area contributed by atoms with E-state index >= 15 is 0 Å². The van der Waals surface area contributed by atoms with Crippen molar-refractivity contribution < 1.29 is 29.6 Å². The Morgan fingerprint density at radius 2 is 1.78 bits per heavy atom. The molecule has 0 unspecified atom stereocenters. The van der Waals surface area contributed by atoms with Gasteiger partial charge in [0.25, 0.3) is 0 Å². The predicted octanol–water partition coefficient (Wildman–Crippen LogP) is -1.79. The van der Waals surface area contributed by atoms with Gasteiger partial charge >= 0.3 is 29.6 Å². The molecule has 1 nitrogen and oxygen atoms in total. The van der Waals surface area contributed by atoms with Crippen LogP contribution in [-0.4, -0.2) is 9.86 Å². The van der Waals surface area contributed by atoms with Crippen LogP contribution in [0, 0.1) is 0 Å². The topological polar surface area (TPSA) is 12.0 Å². The molecule has 0 aliphatic carbocycles. The van der Waals surface area contributed by atoms with Crippen molar-refractivity contribution in [2.45, 2.75) is 26.3 Å². The first-order valence-electron chi connectivity index (χ1n) is 2.41. The first-order chi connectivity index (χ1) is 3.42. The maximum atomic E-state index is 4.65. The average molecular weight is 171 g/mol. The second-order valence-corrected chi connectivity index (χ2v) is 3.74. The van der Waals surface area contributed by atoms with Crippen LogP contribution in [0.4, 0.5) is 0 Å². The van der Waals surface area contributed by atoms with Gasteiger partial charge in [-0.2, -0.15) is 0 Å². The third kappa shape index (κ3) is 12.3. The number of thiocarbonyl (C=S) groups is 1. The quantitative estimate of drug-likeness (QED) is 0.263. The summed E-state index contributed by atoms with van der Waals surface area (Å²) in [6, 6.07) is 0. The molecule has 48 valence electrons. The molecule has 0 aromatic carbocycles. The monoisotopic (exact) mass is 171 g/mol. The summed E-state index contributed by atoms with van der Waals surface area (Å²) in [5.74, 6) is 0. The standard InChI is InChI=1S/C5H11NS2.Na/c1-5(2,3)6-4(7)8;/h1-3H3,(H2,6,7,8);/q;+1/p-1. The molecule has 0 amide bonds. The van der Waals surface area contributed by atoms with Gasteiger partial charge < -0.3 is 30.2 Å². The molecule has 0 rings (SSSR count). The van der Waals surface area contributed by atoms with E-state index in [1.54, 1.807) is 0 Å². The number of hydrogen-bond donors (Lipinski definition) is 1. The minimum atomic E-state index is 0. The van der Waals surface area contributed by atoms with E-state index in [1.165, 1.54) is 0 Å². The fourth-order valence-electron chi connectivity index (χ4n) is 0.306. The smallest absolute Gasteiger partial charge is 0.412 e. The van der Waals surface area contributed by atoms with Crippen LogP contribution in [0.2, 0.25) is 0 Å². The van der Waals surface area contributed by atoms with E-state index in [1.807, 2.05) is 20.8 Å². The minimum absolute atomic E-state index is 0. The molecule has 4 heteroatoms. The van der Waals surface area contributed by atoms with Gasteiger partial charge in [-0.05, 0) is 20.8 Å². The Hall–Kier alpha value is 1.11. The van der Waals surface area contributed by atoms with E-state index in [9.17, 15) is 0 Å². The zero-order valence-corrected chi connectivity index (χ0v) is 9.95. The first-order valence-corrected chi connectivity index (χ1v) is 3.22. The van der Waals surface area contributed by atoms with Gasteiger partial charge in [0.1, 0.15) is 0 Å². The molecule has 0 radical (unpaired) electrons. The van der Waals surface area contributed by atoms with Gasteiger partial charge in [-0.15, -0.1) is 0 Å². The number of hydrogen-bond acceptors (Lipinski definition) is 2. The molecule has 0 aliphatic heterocycles. The van der Waals surface area contributed by atoms with Crippen LogP contribution >= 0.6 is 12.2 Å². The van der Waals surface area contributed by atoms with Crippen LogP contribution < -0.4 is 34.9 Å². The summed E-state index contributed by atoms with van der Waals surface area (Å²) in [4.78, 5) is 0. The zero-order valence-electron chi connectivity index (χ0n) is 6.32. The van der Waals surface area contributed by atoms with Gasteiger partial charge in [0, 0.05) is 5.54 Å². The van der Waals surface area contributed by atoms with Gasteiger partial charge in [0.05, 0.1) is 0 Å². The first kappa shape index (κ1) is 12.8. The van der Waals surface area contributed by atoms with E-state index in [0.29, 0.717) is 4.32 Å². The molecule has 0 aliphatic rings. The molecule has 0 heterocycles. The number of nitrogens with one attached hydrogen (secondary N) is 1. The zero-order chi connectivity index (χ0) is 6.78. The molecular formula is C5H10NNaS2. The minimum Gasteiger partial charge on any atom is -0.412 e. The summed E-state index contributed by atoms with van der Waals surface area (Å²) < 4.78 is 0.442. The van der Waals surface area contributed by atoms with Gasteiger partial charge in [0.15, 0.2) is 0 Å². The van der Waals surface area contributed by atoms with Crippen LogP contribution in [0.15, 0.2) is 0 Å². The third-order valence-corrected chi connectivity index (χ3v) is 0.681. The Kier molecular flexibility index (Phi) is 6.88. The second-order valence-electron chi connectivity index (χ2n) is 2.66. The molecule has 9 heavy (non-hydrogen) atoms. The van der Waals surface area contributed by atoms with Gasteiger partial charge in [-0.3, -0.25) is 0 Å². The summed E-state index contributed by atoms with van der Waals surface area (Å²) in [7, 11) is 0. The van der Waals surface area contributed by atoms with Crippen molar-refractivity contribution in [1.82, 2.24) is 5.32 Å². The van der Waals surface area contributed by atoms with E-state index < -0.39 is 0 Å². The van der Waals surface area contributed by atoms with Crippen molar-refractivity contribution >= 4 is 29.2 Å². The van der Waals surface area contributed by atoms with Gasteiger partial charge in [-0.1, -0.05) is 4.32 Å². The van der Waals surface area contributed by atoms with Crippen LogP contribution in [0.25, 0.3) is 0 Å². The maximum absolute atomic E-state index is 4.65. The molecule has 0 atom stereocenters. The Morgan fingerprint density at radius 3 is 1.78 bits per heavy atom. The summed E-state index contributed by atoms with van der Waals surface area (Å²) in [5, 5.41) is 2.93. The molecule has 0 aromatic heterocycles. The van der Waals surface area contributed by atoms with Crippen LogP contribution in [0.3, 0.4) is 0 Å². The molecule has 0 saturated heterocycles. The van der Waals surface area contributed by atoms with Crippen LogP contribution in [0.1, 0.15) is 20.8 Å². The maximum Gasteiger partial charge on any atom is 1.00 e. The summed E-state index contributed by atoms with van der Waals surface area (Å²) in [6.45, 7) is 6.06. The van der Waals surface area contributed by atoms with Crippen molar-refractivity contribution in [3.05, 3.63) is 0 Å². The molecule has 0 aromatic rings. The Balaban J connectivity index is 0. The van der Waals surface area contributed by atoms with E-state index in [-0.39, 0.29) is 35.1 Å². The van der Waals surface area contributed by atoms with Crippen molar-refractivity contribution in [2.75, 3.05) is 0 Å². The molecule has 0 spiro atoms. The van der Waals surface area contributed by atoms with E-state index in [0.717, 1.165) is 0 Å². The number of rotatable bonds is 0. The fraction of sp³-hybridized carbons (Fsp3) is 0.800. The van der Waals surface area contributed by atoms with Crippen LogP contribution in [-0.2, 0) is 12.6 Å². The Bertz CT molecular complexity index is 97.6. The normalized spacial score (nSPS) is 9.67. The van der Waals surface area contributed by atoms with Gasteiger partial charge in [-0.25, -0.2) is 0 Å². The molecule has 0 fully saturated rings. The summed E-state index contributed by atoms with van der Waals surface area (Å²) in [5.41, 5.74) is 0.0266. The molecule has 0 bridgehead atoms. The van der Waals surface area contributed by atoms with Gasteiger partial charge in [0.2, 0.25) is 0 Å². The molecular weight excluding hydrogens is 161 g/mol. The predicted molar refractivity (Wildman–Crippen MR) is 42.9 cm³/mol. The molecule has 0 saturated carbocycles. The fourth-order valence-corrected chi connectivity index (χ4v) is 0.919. The SMILES string of the molecule is CC(C)(C)NC(=S)[S-].[Na+]. The third-order valence-electron chi connectivity index (χ3n) is 0.477.